The van der Waals surface area contributed by atoms with Crippen LogP contribution in [0.3, 0.4) is 0 Å². The van der Waals surface area contributed by atoms with Gasteiger partial charge in [-0.1, -0.05) is 47.6 Å². The van der Waals surface area contributed by atoms with Crippen LogP contribution in [-0.4, -0.2) is 18.7 Å². The van der Waals surface area contributed by atoms with E-state index in [-0.39, 0.29) is 27.1 Å². The number of ether oxygens (including phenoxy) is 1. The first-order chi connectivity index (χ1) is 28.1. The molecule has 5 aromatic carbocycles. The van der Waals surface area contributed by atoms with Crippen LogP contribution in [0.15, 0.2) is 103 Å². The van der Waals surface area contributed by atoms with Gasteiger partial charge in [0.05, 0.1) is 0 Å². The molecule has 0 amide bonds. The topological polar surface area (TPSA) is 36.9 Å². The molecule has 0 N–H and O–H groups in total. The van der Waals surface area contributed by atoms with Crippen molar-refractivity contribution < 1.29 is 24.1 Å². The van der Waals surface area contributed by atoms with Gasteiger partial charge in [-0.15, -0.1) is 0 Å². The number of pyridine rings is 1. The van der Waals surface area contributed by atoms with Gasteiger partial charge in [0.15, 0.2) is 0 Å². The van der Waals surface area contributed by atoms with Gasteiger partial charge >= 0.3 is 274 Å². The van der Waals surface area contributed by atoms with E-state index in [1.807, 2.05) is 18.3 Å². The van der Waals surface area contributed by atoms with Crippen LogP contribution in [0.5, 0.6) is 11.5 Å². The van der Waals surface area contributed by atoms with E-state index in [1.165, 1.54) is 27.6 Å². The Morgan fingerprint density at radius 2 is 1.30 bits per heavy atom. The Morgan fingerprint density at radius 1 is 0.633 bits per heavy atom. The number of aromatic nitrogens is 4. The van der Waals surface area contributed by atoms with Crippen molar-refractivity contribution in [1.82, 2.24) is 18.7 Å². The molecule has 0 atom stereocenters. The van der Waals surface area contributed by atoms with Crippen LogP contribution < -0.4 is 4.74 Å². The molecule has 0 saturated carbocycles. The zero-order valence-electron chi connectivity index (χ0n) is 37.3. The molecule has 0 aliphatic heterocycles. The number of hydrogen-bond donors (Lipinski definition) is 0. The predicted octanol–water partition coefficient (Wildman–Crippen LogP) is 13.9. The molecule has 0 bridgehead atoms. The van der Waals surface area contributed by atoms with Gasteiger partial charge in [-0.2, -0.15) is 0 Å². The summed E-state index contributed by atoms with van der Waals surface area (Å²) < 4.78 is 14.7. The molecule has 8 aromatic rings. The molecule has 5 nitrogen and oxygen atoms in total. The van der Waals surface area contributed by atoms with Crippen molar-refractivity contribution in [2.45, 2.75) is 112 Å². The van der Waals surface area contributed by atoms with Gasteiger partial charge < -0.3 is 0 Å². The van der Waals surface area contributed by atoms with Crippen LogP contribution >= 0.6 is 0 Å². The molecule has 1 aliphatic carbocycles. The third kappa shape index (κ3) is 6.05. The zero-order chi connectivity index (χ0) is 42.9. The summed E-state index contributed by atoms with van der Waals surface area (Å²) >= 11 is 2.47. The summed E-state index contributed by atoms with van der Waals surface area (Å²) in [5.74, 6) is 2.12. The zero-order valence-corrected chi connectivity index (χ0v) is 39.6. The Balaban J connectivity index is 1.19. The Labute approximate surface area is 366 Å². The van der Waals surface area contributed by atoms with Gasteiger partial charge in [0, 0.05) is 6.20 Å². The molecule has 3 heterocycles. The average molecular weight is 972 g/mol. The number of aryl methyl sites for hydroxylation is 1. The van der Waals surface area contributed by atoms with E-state index in [2.05, 4.69) is 220 Å². The third-order valence-electron chi connectivity index (χ3n) is 14.2. The van der Waals surface area contributed by atoms with Crippen LogP contribution in [0, 0.1) is 28.3 Å². The predicted molar refractivity (Wildman–Crippen MR) is 244 cm³/mol. The first kappa shape index (κ1) is 40.4. The van der Waals surface area contributed by atoms with Gasteiger partial charge in [-0.3, -0.25) is 0 Å². The van der Waals surface area contributed by atoms with Crippen LogP contribution in [0.1, 0.15) is 111 Å². The quantitative estimate of drug-likeness (QED) is 0.161. The Hall–Kier alpha value is -4.99. The van der Waals surface area contributed by atoms with E-state index in [1.54, 1.807) is 0 Å². The summed E-state index contributed by atoms with van der Waals surface area (Å²) in [7, 11) is 0. The fourth-order valence-electron chi connectivity index (χ4n) is 9.51. The number of hydrogen-bond acceptors (Lipinski definition) is 2. The molecule has 310 valence electrons. The van der Waals surface area contributed by atoms with Crippen LogP contribution in [0.25, 0.3) is 50.0 Å². The first-order valence-corrected chi connectivity index (χ1v) is 22.3. The standard InChI is InChI=1S/C54H56N4O.Pt/c1-34-27-28-55-47(29-34)58-44-26-24-42-49(53(10,11)54(12,13)52(42,8)9)48(44)41-23-22-40(32-45(41)58)59-39-16-14-15-38(31-39)57-33-56(37-20-17-35(18-21-37)50(2,3)4)46-30-36(51(5,6)7)19-25-43(46)57;/h14-30H,1-13H3;/q-2;. The van der Waals surface area contributed by atoms with Crippen molar-refractivity contribution >= 4 is 32.8 Å². The van der Waals surface area contributed by atoms with E-state index < -0.39 is 0 Å². The van der Waals surface area contributed by atoms with E-state index in [0.717, 1.165) is 54.0 Å². The van der Waals surface area contributed by atoms with E-state index in [9.17, 15) is 0 Å². The molecule has 3 aromatic heterocycles. The smallest absolute Gasteiger partial charge is 0.0582 e. The third-order valence-corrected chi connectivity index (χ3v) is 15.3. The molecule has 0 fully saturated rings. The average Bonchev–Trinajstić information content (AvgIpc) is 3.70. The molecular formula is C54H56N4OPt-2. The van der Waals surface area contributed by atoms with Crippen molar-refractivity contribution in [3.8, 4) is 28.7 Å². The molecule has 0 unspecified atom stereocenters. The van der Waals surface area contributed by atoms with Crippen LogP contribution in [0.4, 0.5) is 0 Å². The maximum atomic E-state index is 6.74. The molecule has 6 heteroatoms. The minimum Gasteiger partial charge on any atom is -0.0582 e. The minimum absolute atomic E-state index is 0.00213. The number of benzene rings is 5. The summed E-state index contributed by atoms with van der Waals surface area (Å²) in [6.07, 6.45) is 1.90. The first-order valence-electron chi connectivity index (χ1n) is 21.1. The van der Waals surface area contributed by atoms with Gasteiger partial charge in [-0.05, 0) is 40.4 Å². The van der Waals surface area contributed by atoms with Crippen molar-refractivity contribution in [2.75, 3.05) is 0 Å². The van der Waals surface area contributed by atoms with Crippen molar-refractivity contribution in [3.63, 3.8) is 0 Å². The summed E-state index contributed by atoms with van der Waals surface area (Å²) in [5.41, 5.74) is 12.9. The fourth-order valence-corrected chi connectivity index (χ4v) is 10.6. The SMILES string of the molecule is Cc1ccnc(-n2c3[c-]c(Oc4[c-]c(-n5[c](=[Pt])n(-c6ccc(C(C)(C)C)cc6)c6cc(C(C)(C)C)ccc65)ccc4)ccc3c3c4c(ccc32)C(C)(C)C(C)(C)C4(C)C)c1. The molecule has 9 rings (SSSR count). The number of imidazole rings is 1. The fraction of sp³-hybridized carbons (Fsp3) is 0.333. The van der Waals surface area contributed by atoms with Gasteiger partial charge in [0.25, 0.3) is 0 Å². The Kier molecular flexibility index (Phi) is 9.10. The van der Waals surface area contributed by atoms with Gasteiger partial charge in [-0.25, -0.2) is 0 Å². The summed E-state index contributed by atoms with van der Waals surface area (Å²) in [4.78, 5) is 4.91. The number of fused-ring (bicyclic) bond motifs is 6. The second-order valence-electron chi connectivity index (χ2n) is 20.5. The normalized spacial score (nSPS) is 15.9. The second kappa shape index (κ2) is 13.5. The monoisotopic (exact) mass is 971 g/mol. The van der Waals surface area contributed by atoms with Crippen LogP contribution in [-0.2, 0) is 41.0 Å². The van der Waals surface area contributed by atoms with Gasteiger partial charge in [0.1, 0.15) is 0 Å². The van der Waals surface area contributed by atoms with Crippen molar-refractivity contribution in [1.29, 1.82) is 0 Å². The molecule has 0 saturated heterocycles. The van der Waals surface area contributed by atoms with Crippen LogP contribution in [0.2, 0.25) is 0 Å². The minimum atomic E-state index is -0.0857. The summed E-state index contributed by atoms with van der Waals surface area (Å²) in [6.45, 7) is 30.2. The Morgan fingerprint density at radius 3 is 1.98 bits per heavy atom. The number of nitrogens with zero attached hydrogens (tertiary/aromatic N) is 4. The molecule has 1 aliphatic rings. The summed E-state index contributed by atoms with van der Waals surface area (Å²) in [6, 6.07) is 42.5. The van der Waals surface area contributed by atoms with E-state index in [0.29, 0.717) is 11.5 Å². The molecule has 0 radical (unpaired) electrons. The second-order valence-corrected chi connectivity index (χ2v) is 21.6. The molecule has 0 spiro atoms. The Bertz CT molecular complexity index is 3080. The van der Waals surface area contributed by atoms with Crippen molar-refractivity contribution in [3.05, 3.63) is 147 Å². The molecular weight excluding hydrogens is 916 g/mol. The van der Waals surface area contributed by atoms with Gasteiger partial charge in [0.2, 0.25) is 0 Å². The molecule has 60 heavy (non-hydrogen) atoms. The van der Waals surface area contributed by atoms with Crippen molar-refractivity contribution in [2.24, 2.45) is 5.41 Å². The maximum absolute atomic E-state index is 6.74. The van der Waals surface area contributed by atoms with E-state index in [4.69, 9.17) is 9.72 Å². The summed E-state index contributed by atoms with van der Waals surface area (Å²) in [5, 5.41) is 2.43. The van der Waals surface area contributed by atoms with E-state index >= 15 is 0 Å². The number of rotatable bonds is 5.